The predicted octanol–water partition coefficient (Wildman–Crippen LogP) is 0.543. The van der Waals surface area contributed by atoms with Crippen LogP contribution in [0.4, 0.5) is 0 Å². The van der Waals surface area contributed by atoms with Gasteiger partial charge in [-0.1, -0.05) is 24.3 Å². The number of allylic oxidation sites excluding steroid dienone is 1. The van der Waals surface area contributed by atoms with Crippen LogP contribution in [0.2, 0.25) is 0 Å². The normalized spacial score (nSPS) is 37.1. The van der Waals surface area contributed by atoms with Crippen LogP contribution in [0.15, 0.2) is 24.3 Å². The minimum atomic E-state index is -1.33. The van der Waals surface area contributed by atoms with Crippen molar-refractivity contribution in [3.8, 4) is 0 Å². The monoisotopic (exact) mass is 503 g/mol. The maximum atomic E-state index is 14.3. The summed E-state index contributed by atoms with van der Waals surface area (Å²) in [6.45, 7) is 9.16. The van der Waals surface area contributed by atoms with Gasteiger partial charge in [0.15, 0.2) is 0 Å². The molecule has 2 N–H and O–H groups in total. The molecule has 0 saturated carbocycles. The van der Waals surface area contributed by atoms with Gasteiger partial charge in [-0.15, -0.1) is 0 Å². The summed E-state index contributed by atoms with van der Waals surface area (Å²) in [7, 11) is 0. The van der Waals surface area contributed by atoms with Crippen molar-refractivity contribution < 1.29 is 33.8 Å². The molecular weight excluding hydrogens is 466 g/mol. The van der Waals surface area contributed by atoms with E-state index < -0.39 is 59.1 Å². The Morgan fingerprint density at radius 2 is 1.92 bits per heavy atom. The van der Waals surface area contributed by atoms with Crippen molar-refractivity contribution in [1.82, 2.24) is 15.1 Å². The number of nitrogens with zero attached hydrogens (tertiary/aromatic N) is 2. The Morgan fingerprint density at radius 3 is 2.58 bits per heavy atom. The fraction of sp³-hybridized carbons (Fsp3) is 0.692. The van der Waals surface area contributed by atoms with E-state index in [-0.39, 0.29) is 37.9 Å². The number of hydrogen-bond donors (Lipinski definition) is 2. The van der Waals surface area contributed by atoms with Crippen molar-refractivity contribution in [1.29, 1.82) is 0 Å². The van der Waals surface area contributed by atoms with Crippen LogP contribution in [-0.4, -0.2) is 93.7 Å². The molecule has 3 amide bonds. The van der Waals surface area contributed by atoms with Crippen LogP contribution in [0.3, 0.4) is 0 Å². The van der Waals surface area contributed by atoms with E-state index >= 15 is 0 Å². The van der Waals surface area contributed by atoms with Crippen LogP contribution in [0.5, 0.6) is 0 Å². The van der Waals surface area contributed by atoms with E-state index in [1.54, 1.807) is 30.9 Å². The van der Waals surface area contributed by atoms with Crippen molar-refractivity contribution >= 4 is 23.7 Å². The Kier molecular flexibility index (Phi) is 7.04. The Bertz CT molecular complexity index is 987. The molecule has 4 aliphatic heterocycles. The third-order valence-corrected chi connectivity index (χ3v) is 7.53. The zero-order valence-electron chi connectivity index (χ0n) is 21.6. The lowest BCUT2D eigenvalue weighted by Crippen LogP contribution is -2.61. The smallest absolute Gasteiger partial charge is 0.313 e. The molecule has 4 heterocycles. The number of amides is 3. The standard InChI is InChI=1S/C26H37N3O7/c1-15(14-30)29-21-23(33)28(25(3,4)5)12-8-6-7-9-18(31)27-13-16(2)35-24(34)19-17-10-11-26(21,36-17)20(19)22(29)32/h6,8,10-11,15-17,19-21,30H,7,9,12-14H2,1-5H3,(H,27,31)/b8-6-/t15-,16-,17+,19-,20-,21+,26-/m1/s1. The largest absolute Gasteiger partial charge is 0.460 e. The molecule has 0 aromatic carbocycles. The van der Waals surface area contributed by atoms with Gasteiger partial charge in [-0.2, -0.15) is 0 Å². The van der Waals surface area contributed by atoms with Crippen LogP contribution in [0, 0.1) is 11.8 Å². The van der Waals surface area contributed by atoms with Gasteiger partial charge in [0.05, 0.1) is 31.2 Å². The zero-order valence-corrected chi connectivity index (χ0v) is 21.6. The first kappa shape index (κ1) is 26.3. The Balaban J connectivity index is 1.80. The quantitative estimate of drug-likeness (QED) is 0.416. The van der Waals surface area contributed by atoms with Crippen molar-refractivity contribution in [2.45, 2.75) is 82.9 Å². The number of carbonyl (C=O) groups excluding carboxylic acids is 4. The molecule has 0 radical (unpaired) electrons. The SMILES string of the molecule is C[C@@H]1CNC(=O)CC/C=C\CN(C(C)(C)C)C(=O)[C@@H]2N([C@H](C)CO)C(=O)[C@H]3[C@H](C(=O)O1)[C@@H]1C=C[C@]23O1. The van der Waals surface area contributed by atoms with Gasteiger partial charge in [-0.3, -0.25) is 19.2 Å². The topological polar surface area (TPSA) is 125 Å². The Labute approximate surface area is 211 Å². The van der Waals surface area contributed by atoms with Crippen LogP contribution < -0.4 is 5.32 Å². The summed E-state index contributed by atoms with van der Waals surface area (Å²) in [6.07, 6.45) is 6.63. The molecule has 4 rings (SSSR count). The molecule has 0 unspecified atom stereocenters. The van der Waals surface area contributed by atoms with Gasteiger partial charge in [-0.05, 0) is 41.0 Å². The maximum Gasteiger partial charge on any atom is 0.313 e. The molecule has 4 aliphatic rings. The molecule has 10 heteroatoms. The summed E-state index contributed by atoms with van der Waals surface area (Å²) in [5.74, 6) is -3.37. The van der Waals surface area contributed by atoms with E-state index in [0.29, 0.717) is 6.42 Å². The third-order valence-electron chi connectivity index (χ3n) is 7.53. The first-order valence-electron chi connectivity index (χ1n) is 12.7. The molecular formula is C26H37N3O7. The van der Waals surface area contributed by atoms with Crippen molar-refractivity contribution in [3.05, 3.63) is 24.3 Å². The number of cyclic esters (lactones) is 1. The predicted molar refractivity (Wildman–Crippen MR) is 129 cm³/mol. The summed E-state index contributed by atoms with van der Waals surface area (Å²) in [5, 5.41) is 12.8. The third kappa shape index (κ3) is 4.34. The molecule has 198 valence electrons. The lowest BCUT2D eigenvalue weighted by atomic mass is 9.74. The van der Waals surface area contributed by atoms with Gasteiger partial charge >= 0.3 is 5.97 Å². The molecule has 2 saturated heterocycles. The summed E-state index contributed by atoms with van der Waals surface area (Å²) in [4.78, 5) is 56.7. The first-order valence-corrected chi connectivity index (χ1v) is 12.7. The van der Waals surface area contributed by atoms with Gasteiger partial charge < -0.3 is 29.7 Å². The molecule has 10 nitrogen and oxygen atoms in total. The number of aliphatic hydroxyl groups excluding tert-OH is 1. The average molecular weight is 504 g/mol. The highest BCUT2D eigenvalue weighted by molar-refractivity contribution is 5.99. The fourth-order valence-corrected chi connectivity index (χ4v) is 5.74. The van der Waals surface area contributed by atoms with E-state index in [1.165, 1.54) is 4.90 Å². The molecule has 7 atom stereocenters. The summed E-state index contributed by atoms with van der Waals surface area (Å²) in [6, 6.07) is -1.70. The van der Waals surface area contributed by atoms with E-state index in [2.05, 4.69) is 5.32 Å². The summed E-state index contributed by atoms with van der Waals surface area (Å²) in [5.41, 5.74) is -1.92. The molecule has 1 spiro atoms. The highest BCUT2D eigenvalue weighted by Gasteiger charge is 2.74. The van der Waals surface area contributed by atoms with E-state index in [0.717, 1.165) is 0 Å². The van der Waals surface area contributed by atoms with Crippen LogP contribution >= 0.6 is 0 Å². The lowest BCUT2D eigenvalue weighted by Gasteiger charge is -2.42. The number of carbonyl (C=O) groups is 4. The fourth-order valence-electron chi connectivity index (χ4n) is 5.74. The first-order chi connectivity index (χ1) is 16.9. The molecule has 0 aromatic rings. The average Bonchev–Trinajstić information content (AvgIpc) is 3.45. The van der Waals surface area contributed by atoms with Crippen LogP contribution in [0.1, 0.15) is 47.5 Å². The van der Waals surface area contributed by atoms with Gasteiger partial charge in [0.1, 0.15) is 23.7 Å². The second kappa shape index (κ2) is 9.63. The summed E-state index contributed by atoms with van der Waals surface area (Å²) < 4.78 is 11.9. The van der Waals surface area contributed by atoms with Crippen LogP contribution in [0.25, 0.3) is 0 Å². The van der Waals surface area contributed by atoms with Gasteiger partial charge in [0.2, 0.25) is 17.7 Å². The van der Waals surface area contributed by atoms with Crippen molar-refractivity contribution in [2.24, 2.45) is 11.8 Å². The number of likely N-dealkylation sites (tertiary alicyclic amines) is 1. The Hall–Kier alpha value is -2.72. The van der Waals surface area contributed by atoms with E-state index in [9.17, 15) is 24.3 Å². The summed E-state index contributed by atoms with van der Waals surface area (Å²) >= 11 is 0. The van der Waals surface area contributed by atoms with Gasteiger partial charge in [0.25, 0.3) is 0 Å². The lowest BCUT2D eigenvalue weighted by molar-refractivity contribution is -0.159. The van der Waals surface area contributed by atoms with Crippen molar-refractivity contribution in [3.63, 3.8) is 0 Å². The molecule has 0 aromatic heterocycles. The van der Waals surface area contributed by atoms with Gasteiger partial charge in [-0.25, -0.2) is 0 Å². The van der Waals surface area contributed by atoms with E-state index in [1.807, 2.05) is 32.9 Å². The molecule has 2 fully saturated rings. The number of fused-ring (bicyclic) bond motifs is 2. The maximum absolute atomic E-state index is 14.3. The number of rotatable bonds is 2. The van der Waals surface area contributed by atoms with Crippen LogP contribution in [-0.2, 0) is 28.7 Å². The zero-order chi connectivity index (χ0) is 26.4. The minimum Gasteiger partial charge on any atom is -0.460 e. The number of ether oxygens (including phenoxy) is 2. The van der Waals surface area contributed by atoms with Crippen molar-refractivity contribution in [2.75, 3.05) is 19.7 Å². The second-order valence-electron chi connectivity index (χ2n) is 11.2. The molecule has 36 heavy (non-hydrogen) atoms. The number of aliphatic hydroxyl groups is 1. The number of esters is 1. The number of nitrogens with one attached hydrogen (secondary N) is 1. The number of hydrogen-bond acceptors (Lipinski definition) is 7. The second-order valence-corrected chi connectivity index (χ2v) is 11.2. The minimum absolute atomic E-state index is 0.151. The van der Waals surface area contributed by atoms with Gasteiger partial charge in [0, 0.05) is 18.5 Å². The molecule has 0 aliphatic carbocycles. The highest BCUT2D eigenvalue weighted by atomic mass is 16.6. The van der Waals surface area contributed by atoms with E-state index in [4.69, 9.17) is 9.47 Å². The Morgan fingerprint density at radius 1 is 1.19 bits per heavy atom. The molecule has 5 bridgehead atoms. The highest BCUT2D eigenvalue weighted by Crippen LogP contribution is 2.56.